The molecule has 2 aromatic carbocycles. The molecule has 0 aliphatic carbocycles. The van der Waals surface area contributed by atoms with Gasteiger partial charge in [0.15, 0.2) is 16.6 Å². The van der Waals surface area contributed by atoms with Crippen molar-refractivity contribution in [2.24, 2.45) is 5.10 Å². The lowest BCUT2D eigenvalue weighted by atomic mass is 10.2. The molecule has 0 aliphatic heterocycles. The molecule has 0 saturated carbocycles. The highest BCUT2D eigenvalue weighted by atomic mass is 35.5. The van der Waals surface area contributed by atoms with Crippen molar-refractivity contribution in [2.45, 2.75) is 26.8 Å². The number of ether oxygens (including phenoxy) is 2. The van der Waals surface area contributed by atoms with Crippen molar-refractivity contribution >= 4 is 35.1 Å². The van der Waals surface area contributed by atoms with Crippen LogP contribution in [0.3, 0.4) is 0 Å². The third-order valence-corrected chi connectivity index (χ3v) is 3.97. The van der Waals surface area contributed by atoms with Gasteiger partial charge in [-0.2, -0.15) is 5.10 Å². The number of hydrogen-bond donors (Lipinski definition) is 2. The summed E-state index contributed by atoms with van der Waals surface area (Å²) in [4.78, 5) is 0. The smallest absolute Gasteiger partial charge is 0.187 e. The van der Waals surface area contributed by atoms with Gasteiger partial charge in [-0.05, 0) is 48.8 Å². The van der Waals surface area contributed by atoms with Crippen LogP contribution >= 0.6 is 23.8 Å². The van der Waals surface area contributed by atoms with Gasteiger partial charge in [0.25, 0.3) is 0 Å². The number of hydrogen-bond acceptors (Lipinski definition) is 4. The Labute approximate surface area is 170 Å². The summed E-state index contributed by atoms with van der Waals surface area (Å²) in [5, 5.41) is 8.18. The van der Waals surface area contributed by atoms with E-state index in [-0.39, 0.29) is 0 Å². The van der Waals surface area contributed by atoms with Crippen LogP contribution in [0.4, 0.5) is 0 Å². The van der Waals surface area contributed by atoms with Crippen molar-refractivity contribution in [3.8, 4) is 11.5 Å². The lowest BCUT2D eigenvalue weighted by molar-refractivity contribution is 0.277. The fourth-order valence-electron chi connectivity index (χ4n) is 2.25. The summed E-state index contributed by atoms with van der Waals surface area (Å²) in [6, 6.07) is 13.6. The Morgan fingerprint density at radius 2 is 1.96 bits per heavy atom. The average molecular weight is 406 g/mol. The standard InChI is InChI=1S/C20H24ClN3O2S/c1-3-10-26-19-17(21)11-16(12-18(19)25-4-2)14-23-24-20(27)22-13-15-8-6-5-7-9-15/h5-9,11-12,14H,3-4,10,13H2,1-2H3,(H2,22,24,27)/b23-14-. The second-order valence-corrected chi connectivity index (χ2v) is 6.47. The van der Waals surface area contributed by atoms with Crippen molar-refractivity contribution in [3.05, 3.63) is 58.6 Å². The minimum absolute atomic E-state index is 0.439. The Hall–Kier alpha value is -2.31. The van der Waals surface area contributed by atoms with Gasteiger partial charge in [-0.1, -0.05) is 48.9 Å². The van der Waals surface area contributed by atoms with Gasteiger partial charge in [-0.15, -0.1) is 0 Å². The fraction of sp³-hybridized carbons (Fsp3) is 0.300. The number of hydrazone groups is 1. The maximum absolute atomic E-state index is 6.34. The molecule has 7 heteroatoms. The molecular formula is C20H24ClN3O2S. The maximum atomic E-state index is 6.34. The van der Waals surface area contributed by atoms with Crippen LogP contribution in [0.15, 0.2) is 47.6 Å². The van der Waals surface area contributed by atoms with Crippen molar-refractivity contribution in [1.29, 1.82) is 0 Å². The first-order valence-corrected chi connectivity index (χ1v) is 9.62. The number of rotatable bonds is 9. The molecule has 0 amide bonds. The lowest BCUT2D eigenvalue weighted by Gasteiger charge is -2.14. The predicted molar refractivity (Wildman–Crippen MR) is 115 cm³/mol. The summed E-state index contributed by atoms with van der Waals surface area (Å²) in [7, 11) is 0. The van der Waals surface area contributed by atoms with Gasteiger partial charge in [0.05, 0.1) is 24.5 Å². The molecule has 2 aromatic rings. The monoisotopic (exact) mass is 405 g/mol. The zero-order valence-electron chi connectivity index (χ0n) is 15.5. The van der Waals surface area contributed by atoms with Gasteiger partial charge in [-0.25, -0.2) is 0 Å². The van der Waals surface area contributed by atoms with Gasteiger partial charge in [0, 0.05) is 6.54 Å². The van der Waals surface area contributed by atoms with Crippen molar-refractivity contribution in [3.63, 3.8) is 0 Å². The molecule has 5 nitrogen and oxygen atoms in total. The number of halogens is 1. The van der Waals surface area contributed by atoms with E-state index in [4.69, 9.17) is 33.3 Å². The second kappa shape index (κ2) is 11.4. The third-order valence-electron chi connectivity index (χ3n) is 3.46. The van der Waals surface area contributed by atoms with Crippen molar-refractivity contribution in [2.75, 3.05) is 13.2 Å². The lowest BCUT2D eigenvalue weighted by Crippen LogP contribution is -2.31. The Morgan fingerprint density at radius 3 is 2.67 bits per heavy atom. The number of thiocarbonyl (C=S) groups is 1. The van der Waals surface area contributed by atoms with Crippen LogP contribution in [0.5, 0.6) is 11.5 Å². The Morgan fingerprint density at radius 1 is 1.19 bits per heavy atom. The van der Waals surface area contributed by atoms with Gasteiger partial charge >= 0.3 is 0 Å². The van der Waals surface area contributed by atoms with E-state index >= 15 is 0 Å². The second-order valence-electron chi connectivity index (χ2n) is 5.65. The summed E-state index contributed by atoms with van der Waals surface area (Å²) in [5.41, 5.74) is 4.72. The average Bonchev–Trinajstić information content (AvgIpc) is 2.67. The third kappa shape index (κ3) is 7.07. The molecule has 2 N–H and O–H groups in total. The fourth-order valence-corrected chi connectivity index (χ4v) is 2.65. The van der Waals surface area contributed by atoms with E-state index < -0.39 is 0 Å². The SMILES string of the molecule is CCCOc1c(Cl)cc(/C=N\NC(=S)NCc2ccccc2)cc1OCC. The van der Waals surface area contributed by atoms with Crippen LogP contribution < -0.4 is 20.2 Å². The quantitative estimate of drug-likeness (QED) is 0.365. The topological polar surface area (TPSA) is 54.9 Å². The Balaban J connectivity index is 1.95. The normalized spacial score (nSPS) is 10.6. The highest BCUT2D eigenvalue weighted by molar-refractivity contribution is 7.80. The van der Waals surface area contributed by atoms with Gasteiger partial charge in [0.1, 0.15) is 0 Å². The predicted octanol–water partition coefficient (Wildman–Crippen LogP) is 4.53. The van der Waals surface area contributed by atoms with E-state index in [2.05, 4.69) is 15.8 Å². The number of nitrogens with one attached hydrogen (secondary N) is 2. The zero-order valence-corrected chi connectivity index (χ0v) is 17.1. The minimum atomic E-state index is 0.439. The molecule has 27 heavy (non-hydrogen) atoms. The number of nitrogens with zero attached hydrogens (tertiary/aromatic N) is 1. The first-order valence-electron chi connectivity index (χ1n) is 8.84. The summed E-state index contributed by atoms with van der Waals surface area (Å²) < 4.78 is 11.3. The van der Waals surface area contributed by atoms with Gasteiger partial charge in [-0.3, -0.25) is 5.43 Å². The van der Waals surface area contributed by atoms with E-state index in [1.165, 1.54) is 0 Å². The molecule has 0 fully saturated rings. The van der Waals surface area contributed by atoms with Crippen LogP contribution in [0.2, 0.25) is 5.02 Å². The summed E-state index contributed by atoms with van der Waals surface area (Å²) in [5.74, 6) is 1.16. The van der Waals surface area contributed by atoms with E-state index in [1.54, 1.807) is 12.3 Å². The molecule has 0 bridgehead atoms. The largest absolute Gasteiger partial charge is 0.490 e. The molecule has 0 saturated heterocycles. The summed E-state index contributed by atoms with van der Waals surface area (Å²) in [6.07, 6.45) is 2.52. The number of benzene rings is 2. The van der Waals surface area contributed by atoms with Crippen LogP contribution in [0.25, 0.3) is 0 Å². The van der Waals surface area contributed by atoms with Crippen molar-refractivity contribution in [1.82, 2.24) is 10.7 Å². The first-order chi connectivity index (χ1) is 13.1. The van der Waals surface area contributed by atoms with Crippen molar-refractivity contribution < 1.29 is 9.47 Å². The molecule has 0 aliphatic rings. The van der Waals surface area contributed by atoms with Gasteiger partial charge in [0.2, 0.25) is 0 Å². The highest BCUT2D eigenvalue weighted by Crippen LogP contribution is 2.36. The first kappa shape index (κ1) is 21.0. The molecule has 0 unspecified atom stereocenters. The molecule has 0 atom stereocenters. The van der Waals surface area contributed by atoms with Crippen LogP contribution in [-0.4, -0.2) is 24.5 Å². The van der Waals surface area contributed by atoms with Crippen LogP contribution in [-0.2, 0) is 6.54 Å². The Bertz CT molecular complexity index is 769. The highest BCUT2D eigenvalue weighted by Gasteiger charge is 2.11. The summed E-state index contributed by atoms with van der Waals surface area (Å²) in [6.45, 7) is 5.68. The Kier molecular flexibility index (Phi) is 8.87. The van der Waals surface area contributed by atoms with E-state index in [1.807, 2.05) is 50.2 Å². The molecule has 0 spiro atoms. The molecule has 144 valence electrons. The molecule has 2 rings (SSSR count). The van der Waals surface area contributed by atoms with E-state index in [0.29, 0.717) is 41.4 Å². The molecule has 0 aromatic heterocycles. The van der Waals surface area contributed by atoms with Crippen LogP contribution in [0, 0.1) is 0 Å². The zero-order chi connectivity index (χ0) is 19.5. The maximum Gasteiger partial charge on any atom is 0.187 e. The van der Waals surface area contributed by atoms with Crippen LogP contribution in [0.1, 0.15) is 31.4 Å². The van der Waals surface area contributed by atoms with Gasteiger partial charge < -0.3 is 14.8 Å². The van der Waals surface area contributed by atoms with E-state index in [0.717, 1.165) is 17.5 Å². The molecule has 0 heterocycles. The molecular weight excluding hydrogens is 382 g/mol. The van der Waals surface area contributed by atoms with E-state index in [9.17, 15) is 0 Å². The molecule has 0 radical (unpaired) electrons. The summed E-state index contributed by atoms with van der Waals surface area (Å²) >= 11 is 11.6. The minimum Gasteiger partial charge on any atom is -0.490 e.